The Morgan fingerprint density at radius 2 is 2.08 bits per heavy atom. The smallest absolute Gasteiger partial charge is 0.151 e. The fourth-order valence-corrected chi connectivity index (χ4v) is 1.64. The second-order valence-corrected chi connectivity index (χ2v) is 4.24. The number of hydrogen-bond donors (Lipinski definition) is 2. The van der Waals surface area contributed by atoms with Crippen molar-refractivity contribution in [1.82, 2.24) is 5.32 Å². The van der Waals surface area contributed by atoms with Crippen LogP contribution in [0.25, 0.3) is 0 Å². The molecule has 0 bridgehead atoms. The van der Waals surface area contributed by atoms with Crippen LogP contribution in [0.2, 0.25) is 0 Å². The fourth-order valence-electron chi connectivity index (χ4n) is 1.64. The van der Waals surface area contributed by atoms with Crippen LogP contribution < -0.4 is 10.4 Å². The maximum absolute atomic E-state index is 13.6. The van der Waals surface area contributed by atoms with E-state index in [4.69, 9.17) is 5.41 Å². The highest BCUT2D eigenvalue weighted by molar-refractivity contribution is 5.78. The van der Waals surface area contributed by atoms with E-state index in [1.807, 2.05) is 13.8 Å². The van der Waals surface area contributed by atoms with Gasteiger partial charge < -0.3 is 15.8 Å². The summed E-state index contributed by atoms with van der Waals surface area (Å²) in [5, 5.41) is 20.3. The van der Waals surface area contributed by atoms with E-state index < -0.39 is 11.6 Å². The van der Waals surface area contributed by atoms with Crippen LogP contribution in [0, 0.1) is 10.8 Å². The van der Waals surface area contributed by atoms with Gasteiger partial charge in [-0.1, -0.05) is 13.8 Å². The van der Waals surface area contributed by atoms with Gasteiger partial charge in [-0.2, -0.15) is 0 Å². The van der Waals surface area contributed by atoms with Gasteiger partial charge in [-0.25, -0.2) is 4.39 Å². The van der Waals surface area contributed by atoms with E-state index in [0.29, 0.717) is 6.54 Å². The Bertz CT molecular complexity index is 205. The summed E-state index contributed by atoms with van der Waals surface area (Å²) in [7, 11) is 0. The molecule has 0 amide bonds. The van der Waals surface area contributed by atoms with Crippen molar-refractivity contribution in [3.63, 3.8) is 0 Å². The van der Waals surface area contributed by atoms with Crippen LogP contribution in [-0.4, -0.2) is 24.7 Å². The Balaban J connectivity index is 2.74. The van der Waals surface area contributed by atoms with Gasteiger partial charge in [0.1, 0.15) is 0 Å². The minimum Gasteiger partial charge on any atom is -0.860 e. The molecule has 1 rings (SSSR count). The molecule has 0 saturated carbocycles. The highest BCUT2D eigenvalue weighted by Crippen LogP contribution is 2.33. The number of halogens is 1. The first-order valence-corrected chi connectivity index (χ1v) is 4.01. The molecule has 3 nitrogen and oxygen atoms in total. The molecule has 0 aliphatic carbocycles. The second-order valence-electron chi connectivity index (χ2n) is 4.24. The lowest BCUT2D eigenvalue weighted by Crippen LogP contribution is -2.57. The van der Waals surface area contributed by atoms with E-state index in [-0.39, 0.29) is 18.4 Å². The first-order chi connectivity index (χ1) is 5.36. The highest BCUT2D eigenvalue weighted by Gasteiger charge is 2.40. The molecule has 1 atom stereocenters. The Kier molecular flexibility index (Phi) is 2.12. The predicted octanol–water partition coefficient (Wildman–Crippen LogP) is 0.0518. The van der Waals surface area contributed by atoms with Crippen molar-refractivity contribution >= 4 is 5.90 Å². The first-order valence-electron chi connectivity index (χ1n) is 4.01. The van der Waals surface area contributed by atoms with Crippen LogP contribution in [0.4, 0.5) is 4.39 Å². The molecule has 0 spiro atoms. The topological polar surface area (TPSA) is 58.9 Å². The first kappa shape index (κ1) is 9.45. The highest BCUT2D eigenvalue weighted by atomic mass is 19.1. The zero-order chi connectivity index (χ0) is 9.41. The number of hydrogen-bond acceptors (Lipinski definition) is 3. The van der Waals surface area contributed by atoms with Crippen molar-refractivity contribution < 1.29 is 9.50 Å². The SMILES string of the molecule is CC1(C)CNCC(F)(C(=N)[O-])C1. The molecule has 1 aliphatic heterocycles. The molecule has 0 aromatic carbocycles. The lowest BCUT2D eigenvalue weighted by Gasteiger charge is -2.42. The van der Waals surface area contributed by atoms with Crippen LogP contribution in [0.5, 0.6) is 0 Å². The molecule has 1 unspecified atom stereocenters. The minimum absolute atomic E-state index is 0.0151. The third kappa shape index (κ3) is 1.75. The number of nitrogens with one attached hydrogen (secondary N) is 2. The van der Waals surface area contributed by atoms with Crippen LogP contribution in [0.3, 0.4) is 0 Å². The standard InChI is InChI=1S/C8H15FN2O/c1-7(2)3-8(9,6(10)12)5-11-4-7/h11H,3-5H2,1-2H3,(H2,10,12)/p-1. The summed E-state index contributed by atoms with van der Waals surface area (Å²) in [6.45, 7) is 4.46. The largest absolute Gasteiger partial charge is 0.860 e. The normalized spacial score (nSPS) is 34.6. The summed E-state index contributed by atoms with van der Waals surface area (Å²) in [5.41, 5.74) is -2.20. The Morgan fingerprint density at radius 1 is 1.50 bits per heavy atom. The molecule has 70 valence electrons. The van der Waals surface area contributed by atoms with Crippen LogP contribution in [-0.2, 0) is 0 Å². The number of piperidine rings is 1. The van der Waals surface area contributed by atoms with Crippen molar-refractivity contribution in [2.24, 2.45) is 5.41 Å². The molecule has 0 aromatic heterocycles. The van der Waals surface area contributed by atoms with Gasteiger partial charge in [-0.15, -0.1) is 0 Å². The zero-order valence-corrected chi connectivity index (χ0v) is 7.41. The summed E-state index contributed by atoms with van der Waals surface area (Å²) in [6, 6.07) is 0. The molecule has 4 heteroatoms. The van der Waals surface area contributed by atoms with Crippen molar-refractivity contribution in [3.05, 3.63) is 0 Å². The summed E-state index contributed by atoms with van der Waals surface area (Å²) in [5.74, 6) is -1.11. The summed E-state index contributed by atoms with van der Waals surface area (Å²) in [4.78, 5) is 0. The maximum Gasteiger partial charge on any atom is 0.151 e. The number of rotatable bonds is 1. The third-order valence-electron chi connectivity index (χ3n) is 2.17. The van der Waals surface area contributed by atoms with Crippen molar-refractivity contribution in [2.75, 3.05) is 13.1 Å². The van der Waals surface area contributed by atoms with E-state index in [2.05, 4.69) is 5.32 Å². The van der Waals surface area contributed by atoms with E-state index in [9.17, 15) is 9.50 Å². The van der Waals surface area contributed by atoms with E-state index in [1.165, 1.54) is 0 Å². The minimum atomic E-state index is -1.97. The molecule has 1 fully saturated rings. The quantitative estimate of drug-likeness (QED) is 0.435. The van der Waals surface area contributed by atoms with Gasteiger partial charge in [-0.05, 0) is 17.7 Å². The van der Waals surface area contributed by atoms with Gasteiger partial charge in [0.25, 0.3) is 0 Å². The Labute approximate surface area is 71.5 Å². The van der Waals surface area contributed by atoms with Crippen LogP contribution in [0.15, 0.2) is 0 Å². The molecule has 1 aliphatic rings. The predicted molar refractivity (Wildman–Crippen MR) is 42.8 cm³/mol. The van der Waals surface area contributed by atoms with Gasteiger partial charge in [-0.3, -0.25) is 0 Å². The van der Waals surface area contributed by atoms with E-state index in [0.717, 1.165) is 0 Å². The van der Waals surface area contributed by atoms with Crippen molar-refractivity contribution in [1.29, 1.82) is 5.41 Å². The Hall–Kier alpha value is -0.640. The molecule has 1 heterocycles. The molecular formula is C8H14FN2O-. The van der Waals surface area contributed by atoms with Crippen LogP contribution in [0.1, 0.15) is 20.3 Å². The molecule has 2 N–H and O–H groups in total. The van der Waals surface area contributed by atoms with E-state index >= 15 is 0 Å². The van der Waals surface area contributed by atoms with Crippen molar-refractivity contribution in [2.45, 2.75) is 25.9 Å². The molecule has 1 saturated heterocycles. The van der Waals surface area contributed by atoms with Gasteiger partial charge >= 0.3 is 0 Å². The summed E-state index contributed by atoms with van der Waals surface area (Å²) in [6.07, 6.45) is 0.148. The summed E-state index contributed by atoms with van der Waals surface area (Å²) < 4.78 is 13.6. The third-order valence-corrected chi connectivity index (χ3v) is 2.17. The molecule has 0 radical (unpaired) electrons. The average Bonchev–Trinajstić information content (AvgIpc) is 1.83. The number of alkyl halides is 1. The fraction of sp³-hybridized carbons (Fsp3) is 0.875. The van der Waals surface area contributed by atoms with E-state index in [1.54, 1.807) is 0 Å². The van der Waals surface area contributed by atoms with Crippen LogP contribution >= 0.6 is 0 Å². The Morgan fingerprint density at radius 3 is 2.42 bits per heavy atom. The maximum atomic E-state index is 13.6. The lowest BCUT2D eigenvalue weighted by atomic mass is 9.78. The van der Waals surface area contributed by atoms with Gasteiger partial charge in [0.15, 0.2) is 5.67 Å². The summed E-state index contributed by atoms with van der Waals surface area (Å²) >= 11 is 0. The molecule has 12 heavy (non-hydrogen) atoms. The lowest BCUT2D eigenvalue weighted by molar-refractivity contribution is -0.236. The average molecular weight is 173 g/mol. The zero-order valence-electron chi connectivity index (χ0n) is 7.41. The van der Waals surface area contributed by atoms with Gasteiger partial charge in [0.2, 0.25) is 0 Å². The monoisotopic (exact) mass is 173 g/mol. The molecule has 0 aromatic rings. The van der Waals surface area contributed by atoms with Gasteiger partial charge in [0.05, 0.1) is 0 Å². The van der Waals surface area contributed by atoms with Gasteiger partial charge in [0, 0.05) is 13.1 Å². The molecular weight excluding hydrogens is 159 g/mol. The van der Waals surface area contributed by atoms with Crippen molar-refractivity contribution in [3.8, 4) is 0 Å². The second kappa shape index (κ2) is 2.69.